The van der Waals surface area contributed by atoms with Crippen LogP contribution in [0.2, 0.25) is 0 Å². The summed E-state index contributed by atoms with van der Waals surface area (Å²) in [6.45, 7) is 2.65. The van der Waals surface area contributed by atoms with E-state index in [4.69, 9.17) is 10.5 Å². The van der Waals surface area contributed by atoms with Gasteiger partial charge in [0.15, 0.2) is 5.65 Å². The van der Waals surface area contributed by atoms with Crippen LogP contribution in [0.5, 0.6) is 0 Å². The van der Waals surface area contributed by atoms with Crippen molar-refractivity contribution < 1.29 is 9.53 Å². The van der Waals surface area contributed by atoms with Gasteiger partial charge in [0.05, 0.1) is 12.6 Å². The van der Waals surface area contributed by atoms with Crippen LogP contribution in [0.1, 0.15) is 31.6 Å². The third-order valence-electron chi connectivity index (χ3n) is 3.19. The molecule has 6 nitrogen and oxygen atoms in total. The number of methoxy groups -OCH3 is 1. The molecule has 0 saturated heterocycles. The average Bonchev–Trinajstić information content (AvgIpc) is 2.76. The number of fused-ring (bicyclic) bond motifs is 1. The zero-order valence-corrected chi connectivity index (χ0v) is 11.9. The summed E-state index contributed by atoms with van der Waals surface area (Å²) < 4.78 is 7.31. The van der Waals surface area contributed by atoms with Crippen molar-refractivity contribution in [1.29, 1.82) is 0 Å². The van der Waals surface area contributed by atoms with E-state index in [2.05, 4.69) is 21.5 Å². The van der Waals surface area contributed by atoms with Gasteiger partial charge in [-0.15, -0.1) is 0 Å². The number of primary amides is 1. The van der Waals surface area contributed by atoms with E-state index in [1.165, 1.54) is 0 Å². The number of nitrogens with two attached hydrogens (primary N) is 1. The van der Waals surface area contributed by atoms with Gasteiger partial charge in [0.1, 0.15) is 11.3 Å². The maximum Gasteiger partial charge on any atom is 0.217 e. The Morgan fingerprint density at radius 2 is 2.35 bits per heavy atom. The summed E-state index contributed by atoms with van der Waals surface area (Å²) in [6, 6.07) is 3.95. The van der Waals surface area contributed by atoms with Crippen molar-refractivity contribution in [2.75, 3.05) is 13.7 Å². The van der Waals surface area contributed by atoms with Gasteiger partial charge < -0.3 is 15.0 Å². The molecule has 0 spiro atoms. The summed E-state index contributed by atoms with van der Waals surface area (Å²) >= 11 is 0. The second kappa shape index (κ2) is 6.47. The van der Waals surface area contributed by atoms with Crippen LogP contribution >= 0.6 is 0 Å². The van der Waals surface area contributed by atoms with Crippen LogP contribution in [0.15, 0.2) is 18.3 Å². The molecule has 108 valence electrons. The summed E-state index contributed by atoms with van der Waals surface area (Å²) in [4.78, 5) is 19.9. The number of carbonyl (C=O) groups excluding carboxylic acids is 1. The second-order valence-electron chi connectivity index (χ2n) is 4.87. The highest BCUT2D eigenvalue weighted by atomic mass is 16.5. The molecule has 0 aromatic carbocycles. The molecule has 2 heterocycles. The van der Waals surface area contributed by atoms with Crippen molar-refractivity contribution in [3.05, 3.63) is 24.2 Å². The van der Waals surface area contributed by atoms with E-state index < -0.39 is 0 Å². The molecule has 2 rings (SSSR count). The number of ether oxygens (including phenoxy) is 1. The van der Waals surface area contributed by atoms with Gasteiger partial charge in [-0.05, 0) is 25.5 Å². The molecular weight excluding hydrogens is 256 g/mol. The molecule has 0 fully saturated rings. The zero-order chi connectivity index (χ0) is 14.5. The SMILES string of the molecule is COC[C@H](C)n1c(CCCC(N)=O)nc2cccnc21. The van der Waals surface area contributed by atoms with E-state index in [9.17, 15) is 4.79 Å². The van der Waals surface area contributed by atoms with E-state index in [0.29, 0.717) is 25.9 Å². The van der Waals surface area contributed by atoms with Crippen LogP contribution in [0.25, 0.3) is 11.2 Å². The molecule has 20 heavy (non-hydrogen) atoms. The molecule has 0 aliphatic heterocycles. The van der Waals surface area contributed by atoms with Crippen molar-refractivity contribution in [2.45, 2.75) is 32.2 Å². The summed E-state index contributed by atoms with van der Waals surface area (Å²) in [6.07, 6.45) is 3.52. The predicted molar refractivity (Wildman–Crippen MR) is 76.2 cm³/mol. The van der Waals surface area contributed by atoms with E-state index in [1.54, 1.807) is 13.3 Å². The van der Waals surface area contributed by atoms with Crippen molar-refractivity contribution in [3.8, 4) is 0 Å². The van der Waals surface area contributed by atoms with Gasteiger partial charge in [-0.3, -0.25) is 4.79 Å². The monoisotopic (exact) mass is 276 g/mol. The maximum absolute atomic E-state index is 10.8. The molecule has 0 saturated carbocycles. The Hall–Kier alpha value is -1.95. The summed E-state index contributed by atoms with van der Waals surface area (Å²) in [5, 5.41) is 0. The van der Waals surface area contributed by atoms with Crippen LogP contribution in [-0.2, 0) is 16.0 Å². The number of amides is 1. The second-order valence-corrected chi connectivity index (χ2v) is 4.87. The Kier molecular flexibility index (Phi) is 4.68. The first-order valence-electron chi connectivity index (χ1n) is 6.72. The highest BCUT2D eigenvalue weighted by Gasteiger charge is 2.16. The molecule has 1 atom stereocenters. The fourth-order valence-corrected chi connectivity index (χ4v) is 2.35. The predicted octanol–water partition coefficient (Wildman–Crippen LogP) is 1.45. The summed E-state index contributed by atoms with van der Waals surface area (Å²) in [5.74, 6) is 0.639. The third-order valence-corrected chi connectivity index (χ3v) is 3.19. The lowest BCUT2D eigenvalue weighted by molar-refractivity contribution is -0.118. The van der Waals surface area contributed by atoms with Crippen molar-refractivity contribution in [1.82, 2.24) is 14.5 Å². The fourth-order valence-electron chi connectivity index (χ4n) is 2.35. The smallest absolute Gasteiger partial charge is 0.217 e. The first kappa shape index (κ1) is 14.5. The highest BCUT2D eigenvalue weighted by molar-refractivity contribution is 5.73. The third kappa shape index (κ3) is 3.14. The lowest BCUT2D eigenvalue weighted by atomic mass is 10.2. The lowest BCUT2D eigenvalue weighted by Crippen LogP contribution is -2.16. The van der Waals surface area contributed by atoms with E-state index >= 15 is 0 Å². The molecule has 1 amide bonds. The molecule has 6 heteroatoms. The van der Waals surface area contributed by atoms with Crippen LogP contribution in [0.3, 0.4) is 0 Å². The van der Waals surface area contributed by atoms with Gasteiger partial charge in [-0.2, -0.15) is 0 Å². The normalized spacial score (nSPS) is 12.7. The molecule has 0 aliphatic carbocycles. The highest BCUT2D eigenvalue weighted by Crippen LogP contribution is 2.20. The van der Waals surface area contributed by atoms with E-state index in [-0.39, 0.29) is 11.9 Å². The molecular formula is C14H20N4O2. The molecule has 0 unspecified atom stereocenters. The maximum atomic E-state index is 10.8. The first-order valence-corrected chi connectivity index (χ1v) is 6.72. The van der Waals surface area contributed by atoms with Crippen LogP contribution in [-0.4, -0.2) is 34.2 Å². The number of pyridine rings is 1. The zero-order valence-electron chi connectivity index (χ0n) is 11.9. The van der Waals surface area contributed by atoms with Gasteiger partial charge >= 0.3 is 0 Å². The van der Waals surface area contributed by atoms with Gasteiger partial charge in [-0.1, -0.05) is 0 Å². The number of hydrogen-bond donors (Lipinski definition) is 1. The number of imidazole rings is 1. The number of aryl methyl sites for hydroxylation is 1. The Bertz CT molecular complexity index is 594. The number of aromatic nitrogens is 3. The summed E-state index contributed by atoms with van der Waals surface area (Å²) in [7, 11) is 1.68. The number of carbonyl (C=O) groups is 1. The van der Waals surface area contributed by atoms with Crippen molar-refractivity contribution in [2.24, 2.45) is 5.73 Å². The van der Waals surface area contributed by atoms with Gasteiger partial charge in [0.25, 0.3) is 0 Å². The van der Waals surface area contributed by atoms with Crippen molar-refractivity contribution >= 4 is 17.1 Å². The number of rotatable bonds is 7. The van der Waals surface area contributed by atoms with Crippen molar-refractivity contribution in [3.63, 3.8) is 0 Å². The minimum absolute atomic E-state index is 0.142. The molecule has 0 aliphatic rings. The fraction of sp³-hybridized carbons (Fsp3) is 0.500. The standard InChI is InChI=1S/C14H20N4O2/c1-10(9-20-2)18-13(7-3-6-12(15)19)17-11-5-4-8-16-14(11)18/h4-5,8,10H,3,6-7,9H2,1-2H3,(H2,15,19)/t10-/m0/s1. The Balaban J connectivity index is 2.31. The van der Waals surface area contributed by atoms with E-state index in [0.717, 1.165) is 17.0 Å². The number of hydrogen-bond acceptors (Lipinski definition) is 4. The first-order chi connectivity index (χ1) is 9.63. The van der Waals surface area contributed by atoms with Gasteiger partial charge in [0.2, 0.25) is 5.91 Å². The topological polar surface area (TPSA) is 83.0 Å². The molecule has 2 aromatic heterocycles. The number of nitrogens with zero attached hydrogens (tertiary/aromatic N) is 3. The van der Waals surface area contributed by atoms with Gasteiger partial charge in [-0.25, -0.2) is 9.97 Å². The summed E-state index contributed by atoms with van der Waals surface area (Å²) in [5.41, 5.74) is 6.90. The Morgan fingerprint density at radius 1 is 1.55 bits per heavy atom. The van der Waals surface area contributed by atoms with Crippen LogP contribution in [0, 0.1) is 0 Å². The van der Waals surface area contributed by atoms with Gasteiger partial charge in [0, 0.05) is 26.1 Å². The van der Waals surface area contributed by atoms with E-state index in [1.807, 2.05) is 12.1 Å². The lowest BCUT2D eigenvalue weighted by Gasteiger charge is -2.16. The van der Waals surface area contributed by atoms with Crippen LogP contribution < -0.4 is 5.73 Å². The minimum atomic E-state index is -0.282. The average molecular weight is 276 g/mol. The Morgan fingerprint density at radius 3 is 3.05 bits per heavy atom. The molecule has 0 bridgehead atoms. The largest absolute Gasteiger partial charge is 0.383 e. The Labute approximate surface area is 118 Å². The van der Waals surface area contributed by atoms with Crippen LogP contribution in [0.4, 0.5) is 0 Å². The molecule has 2 aromatic rings. The molecule has 2 N–H and O–H groups in total. The molecule has 0 radical (unpaired) electrons. The quantitative estimate of drug-likeness (QED) is 0.829. The minimum Gasteiger partial charge on any atom is -0.383 e.